The highest BCUT2D eigenvalue weighted by molar-refractivity contribution is 6.04. The molecule has 0 spiro atoms. The van der Waals surface area contributed by atoms with Crippen molar-refractivity contribution in [1.82, 2.24) is 0 Å². The van der Waals surface area contributed by atoms with Crippen molar-refractivity contribution in [2.45, 2.75) is 40.0 Å². The number of carbonyl (C=O) groups excluding carboxylic acids is 3. The molecule has 30 heavy (non-hydrogen) atoms. The Morgan fingerprint density at radius 3 is 2.53 bits per heavy atom. The third-order valence-electron chi connectivity index (χ3n) is 5.26. The number of esters is 1. The smallest absolute Gasteiger partial charge is 0.338 e. The number of hydrogen-bond donors (Lipinski definition) is 1. The van der Waals surface area contributed by atoms with Crippen LogP contribution in [-0.2, 0) is 14.3 Å². The summed E-state index contributed by atoms with van der Waals surface area (Å²) in [6.45, 7) is 6.77. The molecule has 1 atom stereocenters. The lowest BCUT2D eigenvalue weighted by Crippen LogP contribution is -2.28. The van der Waals surface area contributed by atoms with E-state index in [1.807, 2.05) is 39.0 Å². The molecule has 0 unspecified atom stereocenters. The van der Waals surface area contributed by atoms with Gasteiger partial charge in [0.1, 0.15) is 0 Å². The lowest BCUT2D eigenvalue weighted by molar-refractivity contribution is -0.122. The molecule has 6 heteroatoms. The van der Waals surface area contributed by atoms with E-state index in [2.05, 4.69) is 5.32 Å². The average molecular weight is 408 g/mol. The monoisotopic (exact) mass is 408 g/mol. The van der Waals surface area contributed by atoms with Crippen LogP contribution in [0.25, 0.3) is 0 Å². The fourth-order valence-electron chi connectivity index (χ4n) is 3.55. The zero-order valence-corrected chi connectivity index (χ0v) is 17.7. The molecule has 0 saturated carbocycles. The van der Waals surface area contributed by atoms with Gasteiger partial charge in [0.15, 0.2) is 0 Å². The lowest BCUT2D eigenvalue weighted by atomic mass is 10.1. The molecular weight excluding hydrogens is 380 g/mol. The maximum Gasteiger partial charge on any atom is 0.338 e. The molecule has 1 aliphatic rings. The number of amides is 2. The number of ether oxygens (including phenoxy) is 1. The number of carbonyl (C=O) groups is 3. The topological polar surface area (TPSA) is 75.7 Å². The second-order valence-electron chi connectivity index (χ2n) is 7.75. The molecule has 0 aromatic heterocycles. The number of nitrogens with one attached hydrogen (secondary N) is 1. The minimum absolute atomic E-state index is 0.0488. The van der Waals surface area contributed by atoms with Gasteiger partial charge in [0, 0.05) is 24.3 Å². The van der Waals surface area contributed by atoms with Gasteiger partial charge in [-0.1, -0.05) is 31.0 Å². The molecule has 2 aromatic carbocycles. The maximum atomic E-state index is 12.7. The van der Waals surface area contributed by atoms with E-state index < -0.39 is 5.92 Å². The first-order valence-electron chi connectivity index (χ1n) is 10.3. The number of anilines is 2. The summed E-state index contributed by atoms with van der Waals surface area (Å²) in [4.78, 5) is 38.8. The number of hydrogen-bond acceptors (Lipinski definition) is 4. The first kappa shape index (κ1) is 21.6. The van der Waals surface area contributed by atoms with E-state index in [-0.39, 0.29) is 24.2 Å². The Bertz CT molecular complexity index is 937. The number of rotatable bonds is 7. The minimum atomic E-state index is -0.420. The largest absolute Gasteiger partial charge is 0.462 e. The zero-order valence-electron chi connectivity index (χ0n) is 17.7. The van der Waals surface area contributed by atoms with E-state index >= 15 is 0 Å². The van der Waals surface area contributed by atoms with Gasteiger partial charge in [-0.15, -0.1) is 0 Å². The molecular formula is C24H28N2O4. The summed E-state index contributed by atoms with van der Waals surface area (Å²) >= 11 is 0. The van der Waals surface area contributed by atoms with Crippen molar-refractivity contribution >= 4 is 29.2 Å². The Morgan fingerprint density at radius 2 is 1.87 bits per heavy atom. The summed E-state index contributed by atoms with van der Waals surface area (Å²) in [5.41, 5.74) is 4.04. The molecule has 6 nitrogen and oxygen atoms in total. The van der Waals surface area contributed by atoms with Crippen molar-refractivity contribution < 1.29 is 19.1 Å². The maximum absolute atomic E-state index is 12.7. The summed E-state index contributed by atoms with van der Waals surface area (Å²) in [7, 11) is 0. The molecule has 0 aliphatic carbocycles. The van der Waals surface area contributed by atoms with Gasteiger partial charge >= 0.3 is 5.97 Å². The fourth-order valence-corrected chi connectivity index (χ4v) is 3.55. The molecule has 1 saturated heterocycles. The van der Waals surface area contributed by atoms with E-state index in [0.717, 1.165) is 29.7 Å². The van der Waals surface area contributed by atoms with Crippen LogP contribution in [0.15, 0.2) is 42.5 Å². The summed E-state index contributed by atoms with van der Waals surface area (Å²) in [5.74, 6) is -1.04. The average Bonchev–Trinajstić information content (AvgIpc) is 3.10. The van der Waals surface area contributed by atoms with Crippen LogP contribution < -0.4 is 10.2 Å². The molecule has 0 bridgehead atoms. The highest BCUT2D eigenvalue weighted by Gasteiger charge is 2.35. The van der Waals surface area contributed by atoms with Crippen LogP contribution in [0.4, 0.5) is 11.4 Å². The van der Waals surface area contributed by atoms with E-state index in [1.165, 1.54) is 0 Å². The molecule has 3 rings (SSSR count). The standard InChI is InChI=1S/C24H28N2O4/c1-4-5-12-30-24(29)18-7-9-20(10-8-18)25-23(28)19-14-22(27)26(15-19)21-11-6-16(2)13-17(21)3/h6-11,13,19H,4-5,12,14-15H2,1-3H3,(H,25,28)/t19-/m0/s1. The van der Waals surface area contributed by atoms with Crippen molar-refractivity contribution in [2.75, 3.05) is 23.4 Å². The zero-order chi connectivity index (χ0) is 21.7. The normalized spacial score (nSPS) is 15.9. The number of aryl methyl sites for hydroxylation is 2. The quantitative estimate of drug-likeness (QED) is 0.549. The van der Waals surface area contributed by atoms with Crippen LogP contribution in [0.5, 0.6) is 0 Å². The van der Waals surface area contributed by atoms with E-state index in [4.69, 9.17) is 4.74 Å². The van der Waals surface area contributed by atoms with Gasteiger partial charge < -0.3 is 15.0 Å². The van der Waals surface area contributed by atoms with Crippen LogP contribution in [0.3, 0.4) is 0 Å². The highest BCUT2D eigenvalue weighted by Crippen LogP contribution is 2.29. The number of unbranched alkanes of at least 4 members (excludes halogenated alkanes) is 1. The first-order chi connectivity index (χ1) is 14.4. The van der Waals surface area contributed by atoms with Crippen LogP contribution in [0.1, 0.15) is 47.7 Å². The second kappa shape index (κ2) is 9.57. The Kier molecular flexibility index (Phi) is 6.87. The number of nitrogens with zero attached hydrogens (tertiary/aromatic N) is 1. The highest BCUT2D eigenvalue weighted by atomic mass is 16.5. The van der Waals surface area contributed by atoms with Gasteiger partial charge in [-0.3, -0.25) is 9.59 Å². The van der Waals surface area contributed by atoms with E-state index in [9.17, 15) is 14.4 Å². The van der Waals surface area contributed by atoms with Gasteiger partial charge in [-0.25, -0.2) is 4.79 Å². The SMILES string of the molecule is CCCCOC(=O)c1ccc(NC(=O)[C@H]2CC(=O)N(c3ccc(C)cc3C)C2)cc1. The first-order valence-corrected chi connectivity index (χ1v) is 10.3. The minimum Gasteiger partial charge on any atom is -0.462 e. The van der Waals surface area contributed by atoms with Crippen LogP contribution in [0, 0.1) is 19.8 Å². The molecule has 2 aromatic rings. The molecule has 1 aliphatic heterocycles. The van der Waals surface area contributed by atoms with Crippen molar-refractivity contribution in [1.29, 1.82) is 0 Å². The van der Waals surface area contributed by atoms with Crippen LogP contribution >= 0.6 is 0 Å². The predicted octanol–water partition coefficient (Wildman–Crippen LogP) is 4.25. The molecule has 1 N–H and O–H groups in total. The lowest BCUT2D eigenvalue weighted by Gasteiger charge is -2.19. The summed E-state index contributed by atoms with van der Waals surface area (Å²) in [5, 5.41) is 2.85. The van der Waals surface area contributed by atoms with Crippen molar-refractivity contribution in [3.8, 4) is 0 Å². The predicted molar refractivity (Wildman–Crippen MR) is 117 cm³/mol. The second-order valence-corrected chi connectivity index (χ2v) is 7.75. The van der Waals surface area contributed by atoms with E-state index in [1.54, 1.807) is 29.2 Å². The van der Waals surface area contributed by atoms with Crippen molar-refractivity contribution in [2.24, 2.45) is 5.92 Å². The molecule has 2 amide bonds. The van der Waals surface area contributed by atoms with Crippen molar-refractivity contribution in [3.63, 3.8) is 0 Å². The summed E-state index contributed by atoms with van der Waals surface area (Å²) < 4.78 is 5.18. The van der Waals surface area contributed by atoms with Gasteiger partial charge in [0.05, 0.1) is 18.1 Å². The third-order valence-corrected chi connectivity index (χ3v) is 5.26. The van der Waals surface area contributed by atoms with E-state index in [0.29, 0.717) is 24.4 Å². The molecule has 1 fully saturated rings. The Morgan fingerprint density at radius 1 is 1.13 bits per heavy atom. The number of benzene rings is 2. The van der Waals surface area contributed by atoms with Gasteiger partial charge in [-0.05, 0) is 56.2 Å². The summed E-state index contributed by atoms with van der Waals surface area (Å²) in [6, 6.07) is 12.5. The molecule has 1 heterocycles. The Hall–Kier alpha value is -3.15. The van der Waals surface area contributed by atoms with Crippen LogP contribution in [0.2, 0.25) is 0 Å². The fraction of sp³-hybridized carbons (Fsp3) is 0.375. The van der Waals surface area contributed by atoms with Gasteiger partial charge in [0.25, 0.3) is 0 Å². The molecule has 158 valence electrons. The van der Waals surface area contributed by atoms with Crippen molar-refractivity contribution in [3.05, 3.63) is 59.2 Å². The van der Waals surface area contributed by atoms with Gasteiger partial charge in [-0.2, -0.15) is 0 Å². The third kappa shape index (κ3) is 5.06. The Labute approximate surface area is 177 Å². The summed E-state index contributed by atoms with van der Waals surface area (Å²) in [6.07, 6.45) is 1.98. The van der Waals surface area contributed by atoms with Crippen LogP contribution in [-0.4, -0.2) is 30.9 Å². The van der Waals surface area contributed by atoms with Gasteiger partial charge in [0.2, 0.25) is 11.8 Å². The Balaban J connectivity index is 1.60. The molecule has 0 radical (unpaired) electrons.